The molecule has 3 heterocycles. The van der Waals surface area contributed by atoms with E-state index in [1.807, 2.05) is 30.3 Å². The van der Waals surface area contributed by atoms with Crippen LogP contribution in [-0.2, 0) is 4.74 Å². The number of carbonyl (C=O) groups is 1. The summed E-state index contributed by atoms with van der Waals surface area (Å²) in [5.41, 5.74) is 1.84. The molecule has 0 spiro atoms. The molecule has 1 aliphatic rings. The zero-order valence-corrected chi connectivity index (χ0v) is 18.0. The highest BCUT2D eigenvalue weighted by atomic mass is 16.5. The van der Waals surface area contributed by atoms with E-state index in [-0.39, 0.29) is 0 Å². The van der Waals surface area contributed by atoms with Gasteiger partial charge in [-0.3, -0.25) is 4.98 Å². The molecule has 0 unspecified atom stereocenters. The highest BCUT2D eigenvalue weighted by molar-refractivity contribution is 6.09. The number of anilines is 2. The monoisotopic (exact) mass is 422 g/mol. The van der Waals surface area contributed by atoms with Gasteiger partial charge in [0.05, 0.1) is 31.9 Å². The van der Waals surface area contributed by atoms with Crippen molar-refractivity contribution in [1.82, 2.24) is 9.97 Å². The Morgan fingerprint density at radius 1 is 0.968 bits per heavy atom. The summed E-state index contributed by atoms with van der Waals surface area (Å²) in [4.78, 5) is 26.2. The van der Waals surface area contributed by atoms with Crippen molar-refractivity contribution in [3.8, 4) is 11.5 Å². The first-order chi connectivity index (χ1) is 15.2. The predicted molar refractivity (Wildman–Crippen MR) is 119 cm³/mol. The molecule has 1 aliphatic heterocycles. The van der Waals surface area contributed by atoms with Gasteiger partial charge in [-0.15, -0.1) is 0 Å². The molecule has 2 aromatic heterocycles. The highest BCUT2D eigenvalue weighted by Gasteiger charge is 2.28. The number of nitrogens with zero attached hydrogens (tertiary/aromatic N) is 4. The number of rotatable bonds is 6. The minimum absolute atomic E-state index is 0.291. The highest BCUT2D eigenvalue weighted by Crippen LogP contribution is 2.41. The lowest BCUT2D eigenvalue weighted by molar-refractivity contribution is 0.0526. The maximum atomic E-state index is 12.8. The van der Waals surface area contributed by atoms with Crippen LogP contribution in [0.15, 0.2) is 42.7 Å². The van der Waals surface area contributed by atoms with E-state index in [1.165, 1.54) is 0 Å². The summed E-state index contributed by atoms with van der Waals surface area (Å²) < 4.78 is 16.5. The Balaban J connectivity index is 1.79. The SMILES string of the molecule is CCOC(=O)c1cnc2c(OC)ccc(OC)c2c1N1CCN(c2ccccn2)CC1. The molecule has 1 saturated heterocycles. The van der Waals surface area contributed by atoms with E-state index in [9.17, 15) is 4.79 Å². The fraction of sp³-hybridized carbons (Fsp3) is 0.348. The number of pyridine rings is 2. The van der Waals surface area contributed by atoms with Crippen LogP contribution < -0.4 is 19.3 Å². The molecular weight excluding hydrogens is 396 g/mol. The van der Waals surface area contributed by atoms with Crippen molar-refractivity contribution in [3.05, 3.63) is 48.3 Å². The third-order valence-corrected chi connectivity index (χ3v) is 5.42. The minimum atomic E-state index is -0.399. The largest absolute Gasteiger partial charge is 0.496 e. The van der Waals surface area contributed by atoms with E-state index in [2.05, 4.69) is 19.8 Å². The second kappa shape index (κ2) is 9.07. The van der Waals surface area contributed by atoms with E-state index in [0.29, 0.717) is 42.3 Å². The quantitative estimate of drug-likeness (QED) is 0.561. The molecule has 8 nitrogen and oxygen atoms in total. The van der Waals surface area contributed by atoms with Gasteiger partial charge in [0.2, 0.25) is 0 Å². The topological polar surface area (TPSA) is 77.0 Å². The molecule has 162 valence electrons. The first-order valence-electron chi connectivity index (χ1n) is 10.3. The van der Waals surface area contributed by atoms with E-state index >= 15 is 0 Å². The van der Waals surface area contributed by atoms with Gasteiger partial charge in [0.25, 0.3) is 0 Å². The van der Waals surface area contributed by atoms with Gasteiger partial charge in [0, 0.05) is 38.6 Å². The lowest BCUT2D eigenvalue weighted by Gasteiger charge is -2.38. The molecule has 1 fully saturated rings. The number of hydrogen-bond acceptors (Lipinski definition) is 8. The second-order valence-corrected chi connectivity index (χ2v) is 7.10. The molecule has 8 heteroatoms. The Hall–Kier alpha value is -3.55. The summed E-state index contributed by atoms with van der Waals surface area (Å²) in [7, 11) is 3.22. The number of fused-ring (bicyclic) bond motifs is 1. The fourth-order valence-electron chi connectivity index (χ4n) is 3.96. The lowest BCUT2D eigenvalue weighted by atomic mass is 10.1. The zero-order valence-electron chi connectivity index (χ0n) is 18.0. The fourth-order valence-corrected chi connectivity index (χ4v) is 3.96. The van der Waals surface area contributed by atoms with Crippen molar-refractivity contribution in [3.63, 3.8) is 0 Å². The first kappa shape index (κ1) is 20.7. The van der Waals surface area contributed by atoms with Crippen LogP contribution in [0.5, 0.6) is 11.5 Å². The molecule has 3 aromatic rings. The van der Waals surface area contributed by atoms with Crippen molar-refractivity contribution < 1.29 is 19.0 Å². The van der Waals surface area contributed by atoms with Crippen LogP contribution in [0.25, 0.3) is 10.9 Å². The number of hydrogen-bond donors (Lipinski definition) is 0. The van der Waals surface area contributed by atoms with Crippen molar-refractivity contribution in [1.29, 1.82) is 0 Å². The Kier molecular flexibility index (Phi) is 6.06. The van der Waals surface area contributed by atoms with Gasteiger partial charge in [-0.05, 0) is 31.2 Å². The minimum Gasteiger partial charge on any atom is -0.496 e. The average Bonchev–Trinajstić information content (AvgIpc) is 2.83. The molecule has 0 N–H and O–H groups in total. The van der Waals surface area contributed by atoms with Gasteiger partial charge >= 0.3 is 5.97 Å². The summed E-state index contributed by atoms with van der Waals surface area (Å²) in [6, 6.07) is 9.57. The number of carbonyl (C=O) groups excluding carboxylic acids is 1. The van der Waals surface area contributed by atoms with Crippen LogP contribution in [0.2, 0.25) is 0 Å². The Labute approximate surface area is 181 Å². The number of piperazine rings is 1. The van der Waals surface area contributed by atoms with Gasteiger partial charge in [-0.1, -0.05) is 6.07 Å². The molecule has 31 heavy (non-hydrogen) atoms. The number of aromatic nitrogens is 2. The molecular formula is C23H26N4O4. The van der Waals surface area contributed by atoms with Gasteiger partial charge < -0.3 is 24.0 Å². The predicted octanol–water partition coefficient (Wildman–Crippen LogP) is 3.15. The summed E-state index contributed by atoms with van der Waals surface area (Å²) >= 11 is 0. The third-order valence-electron chi connectivity index (χ3n) is 5.42. The van der Waals surface area contributed by atoms with E-state index < -0.39 is 5.97 Å². The van der Waals surface area contributed by atoms with Gasteiger partial charge in [0.15, 0.2) is 0 Å². The van der Waals surface area contributed by atoms with Crippen LogP contribution in [0, 0.1) is 0 Å². The third kappa shape index (κ3) is 3.93. The van der Waals surface area contributed by atoms with Gasteiger partial charge in [0.1, 0.15) is 28.4 Å². The summed E-state index contributed by atoms with van der Waals surface area (Å²) in [5.74, 6) is 1.81. The van der Waals surface area contributed by atoms with Gasteiger partial charge in [-0.2, -0.15) is 0 Å². The average molecular weight is 422 g/mol. The van der Waals surface area contributed by atoms with Crippen molar-refractivity contribution in [2.45, 2.75) is 6.92 Å². The van der Waals surface area contributed by atoms with Gasteiger partial charge in [-0.25, -0.2) is 9.78 Å². The Morgan fingerprint density at radius 2 is 1.68 bits per heavy atom. The van der Waals surface area contributed by atoms with E-state index in [1.54, 1.807) is 33.5 Å². The zero-order chi connectivity index (χ0) is 21.8. The lowest BCUT2D eigenvalue weighted by Crippen LogP contribution is -2.47. The van der Waals surface area contributed by atoms with Crippen LogP contribution in [0.4, 0.5) is 11.5 Å². The second-order valence-electron chi connectivity index (χ2n) is 7.10. The van der Waals surface area contributed by atoms with Crippen LogP contribution in [-0.4, -0.2) is 62.9 Å². The first-order valence-corrected chi connectivity index (χ1v) is 10.3. The van der Waals surface area contributed by atoms with Crippen LogP contribution >= 0.6 is 0 Å². The number of ether oxygens (including phenoxy) is 3. The molecule has 0 amide bonds. The van der Waals surface area contributed by atoms with E-state index in [4.69, 9.17) is 14.2 Å². The molecule has 1 aromatic carbocycles. The van der Waals surface area contributed by atoms with E-state index in [0.717, 1.165) is 30.0 Å². The smallest absolute Gasteiger partial charge is 0.341 e. The van der Waals surface area contributed by atoms with Crippen molar-refractivity contribution in [2.24, 2.45) is 0 Å². The molecule has 4 rings (SSSR count). The summed E-state index contributed by atoms with van der Waals surface area (Å²) in [6.07, 6.45) is 3.37. The normalized spacial score (nSPS) is 13.9. The number of esters is 1. The molecule has 0 atom stereocenters. The summed E-state index contributed by atoms with van der Waals surface area (Å²) in [5, 5.41) is 0.749. The Bertz CT molecular complexity index is 1070. The number of methoxy groups -OCH3 is 2. The van der Waals surface area contributed by atoms with Crippen LogP contribution in [0.1, 0.15) is 17.3 Å². The van der Waals surface area contributed by atoms with Crippen LogP contribution in [0.3, 0.4) is 0 Å². The molecule has 0 bridgehead atoms. The standard InChI is InChI=1S/C23H26N4O4/c1-4-31-23(28)16-15-25-21-18(30-3)9-8-17(29-2)20(21)22(16)27-13-11-26(12-14-27)19-7-5-6-10-24-19/h5-10,15H,4,11-14H2,1-3H3. The maximum Gasteiger partial charge on any atom is 0.341 e. The Morgan fingerprint density at radius 3 is 2.32 bits per heavy atom. The molecule has 0 aliphatic carbocycles. The maximum absolute atomic E-state index is 12.8. The molecule has 0 saturated carbocycles. The number of benzene rings is 1. The summed E-state index contributed by atoms with van der Waals surface area (Å²) in [6.45, 7) is 5.05. The van der Waals surface area contributed by atoms with Crippen molar-refractivity contribution in [2.75, 3.05) is 56.8 Å². The molecule has 0 radical (unpaired) electrons. The van der Waals surface area contributed by atoms with Crippen molar-refractivity contribution >= 4 is 28.4 Å².